The third-order valence-electron chi connectivity index (χ3n) is 1.03. The monoisotopic (exact) mass is 142 g/mol. The summed E-state index contributed by atoms with van der Waals surface area (Å²) in [6.45, 7) is 2.01. The number of rotatable bonds is 3. The van der Waals surface area contributed by atoms with Crippen molar-refractivity contribution in [3.8, 4) is 0 Å². The van der Waals surface area contributed by atoms with Crippen molar-refractivity contribution in [2.24, 2.45) is 10.3 Å². The van der Waals surface area contributed by atoms with Gasteiger partial charge in [-0.1, -0.05) is 18.5 Å². The van der Waals surface area contributed by atoms with E-state index < -0.39 is 0 Å². The van der Waals surface area contributed by atoms with Gasteiger partial charge in [-0.2, -0.15) is 0 Å². The average molecular weight is 142 g/mol. The topological polar surface area (TPSA) is 81.4 Å². The molecule has 0 bridgehead atoms. The maximum atomic E-state index is 8.21. The zero-order chi connectivity index (χ0) is 7.82. The molecule has 0 aromatic heterocycles. The zero-order valence-corrected chi connectivity index (χ0v) is 5.86. The Morgan fingerprint density at radius 3 is 2.80 bits per heavy atom. The van der Waals surface area contributed by atoms with Crippen molar-refractivity contribution in [3.63, 3.8) is 0 Å². The summed E-state index contributed by atoms with van der Waals surface area (Å²) < 4.78 is 0. The van der Waals surface area contributed by atoms with Gasteiger partial charge in [0.15, 0.2) is 0 Å². The van der Waals surface area contributed by atoms with Crippen molar-refractivity contribution in [1.82, 2.24) is 0 Å². The molecule has 0 rings (SSSR count). The number of hydrogen-bond donors (Lipinski definition) is 1. The number of hydrogen-bond acceptors (Lipinski definition) is 2. The lowest BCUT2D eigenvalue weighted by Gasteiger charge is -1.91. The van der Waals surface area contributed by atoms with E-state index in [9.17, 15) is 0 Å². The van der Waals surface area contributed by atoms with Gasteiger partial charge in [-0.25, -0.2) is 0 Å². The van der Waals surface area contributed by atoms with Crippen LogP contribution in [0.3, 0.4) is 0 Å². The molecule has 5 nitrogen and oxygen atoms in total. The van der Waals surface area contributed by atoms with Crippen LogP contribution in [0.25, 0.3) is 10.4 Å². The van der Waals surface area contributed by atoms with Crippen LogP contribution in [0.5, 0.6) is 0 Å². The van der Waals surface area contributed by atoms with Crippen LogP contribution in [-0.2, 0) is 0 Å². The van der Waals surface area contributed by atoms with E-state index in [2.05, 4.69) is 15.2 Å². The highest BCUT2D eigenvalue weighted by Crippen LogP contribution is 1.97. The van der Waals surface area contributed by atoms with Crippen molar-refractivity contribution in [2.75, 3.05) is 0 Å². The molecule has 0 saturated heterocycles. The lowest BCUT2D eigenvalue weighted by molar-refractivity contribution is 0.316. The SMILES string of the molecule is CCCC/C(N=[N+]=[N-])=N/O. The molecule has 0 heterocycles. The second kappa shape index (κ2) is 5.91. The Balaban J connectivity index is 3.73. The molecule has 0 radical (unpaired) electrons. The molecule has 5 heteroatoms. The van der Waals surface area contributed by atoms with Crippen LogP contribution in [-0.4, -0.2) is 11.0 Å². The Labute approximate surface area is 59.0 Å². The van der Waals surface area contributed by atoms with Gasteiger partial charge in [-0.05, 0) is 23.5 Å². The minimum absolute atomic E-state index is 0.157. The summed E-state index contributed by atoms with van der Waals surface area (Å²) >= 11 is 0. The summed E-state index contributed by atoms with van der Waals surface area (Å²) in [5, 5.41) is 14.2. The van der Waals surface area contributed by atoms with Crippen LogP contribution < -0.4 is 0 Å². The Bertz CT molecular complexity index is 159. The van der Waals surface area contributed by atoms with Crippen molar-refractivity contribution in [1.29, 1.82) is 0 Å². The first kappa shape index (κ1) is 8.78. The van der Waals surface area contributed by atoms with Crippen LogP contribution in [0, 0.1) is 0 Å². The molecule has 0 aromatic carbocycles. The van der Waals surface area contributed by atoms with E-state index >= 15 is 0 Å². The zero-order valence-electron chi connectivity index (χ0n) is 5.86. The quantitative estimate of drug-likeness (QED) is 0.122. The minimum Gasteiger partial charge on any atom is -0.411 e. The first-order valence-electron chi connectivity index (χ1n) is 3.11. The van der Waals surface area contributed by atoms with Crippen LogP contribution in [0.15, 0.2) is 10.3 Å². The summed E-state index contributed by atoms with van der Waals surface area (Å²) in [4.78, 5) is 2.49. The van der Waals surface area contributed by atoms with E-state index in [1.54, 1.807) is 0 Å². The molecule has 0 saturated carbocycles. The van der Waals surface area contributed by atoms with E-state index in [1.807, 2.05) is 6.92 Å². The summed E-state index contributed by atoms with van der Waals surface area (Å²) in [6.07, 6.45) is 2.40. The fourth-order valence-electron chi connectivity index (χ4n) is 0.507. The molecule has 0 aromatic rings. The molecule has 0 aliphatic heterocycles. The number of unbranched alkanes of at least 4 members (excludes halogenated alkanes) is 1. The largest absolute Gasteiger partial charge is 0.411 e. The summed E-state index contributed by atoms with van der Waals surface area (Å²) in [5.41, 5.74) is 7.93. The van der Waals surface area contributed by atoms with E-state index in [0.717, 1.165) is 12.8 Å². The molecule has 56 valence electrons. The molecule has 0 unspecified atom stereocenters. The fourth-order valence-corrected chi connectivity index (χ4v) is 0.507. The normalized spacial score (nSPS) is 10.7. The van der Waals surface area contributed by atoms with Crippen LogP contribution >= 0.6 is 0 Å². The van der Waals surface area contributed by atoms with E-state index in [1.165, 1.54) is 0 Å². The van der Waals surface area contributed by atoms with Gasteiger partial charge in [0.2, 0.25) is 0 Å². The van der Waals surface area contributed by atoms with E-state index in [4.69, 9.17) is 10.7 Å². The molecular formula is C5H10N4O. The maximum absolute atomic E-state index is 8.21. The first-order valence-corrected chi connectivity index (χ1v) is 3.11. The number of amidine groups is 1. The van der Waals surface area contributed by atoms with Crippen LogP contribution in [0.2, 0.25) is 0 Å². The van der Waals surface area contributed by atoms with Crippen molar-refractivity contribution < 1.29 is 5.21 Å². The number of nitrogens with zero attached hydrogens (tertiary/aromatic N) is 4. The maximum Gasteiger partial charge on any atom is 0.143 e. The average Bonchev–Trinajstić information content (AvgIpc) is 1.98. The highest BCUT2D eigenvalue weighted by Gasteiger charge is 1.93. The standard InChI is InChI=1S/C5H10N4O/c1-2-3-4-5(8-10)7-9-6/h10H,2-4H2,1H3/b8-5-. The molecule has 0 fully saturated rings. The molecule has 0 spiro atoms. The molecule has 1 N–H and O–H groups in total. The van der Waals surface area contributed by atoms with Gasteiger partial charge in [0.05, 0.1) is 0 Å². The molecule has 0 atom stereocenters. The lowest BCUT2D eigenvalue weighted by Crippen LogP contribution is -1.91. The van der Waals surface area contributed by atoms with Gasteiger partial charge < -0.3 is 5.21 Å². The predicted molar refractivity (Wildman–Crippen MR) is 37.9 cm³/mol. The summed E-state index contributed by atoms with van der Waals surface area (Å²) in [5.74, 6) is 0.157. The molecular weight excluding hydrogens is 132 g/mol. The van der Waals surface area contributed by atoms with Gasteiger partial charge in [0.1, 0.15) is 5.84 Å². The van der Waals surface area contributed by atoms with Crippen LogP contribution in [0.1, 0.15) is 26.2 Å². The van der Waals surface area contributed by atoms with Crippen molar-refractivity contribution >= 4 is 5.84 Å². The van der Waals surface area contributed by atoms with Crippen molar-refractivity contribution in [3.05, 3.63) is 10.4 Å². The lowest BCUT2D eigenvalue weighted by atomic mass is 10.2. The Hall–Kier alpha value is -1.22. The van der Waals surface area contributed by atoms with Gasteiger partial charge in [-0.3, -0.25) is 0 Å². The number of azide groups is 1. The predicted octanol–water partition coefficient (Wildman–Crippen LogP) is 2.27. The van der Waals surface area contributed by atoms with Gasteiger partial charge in [0.25, 0.3) is 0 Å². The molecule has 0 aliphatic carbocycles. The van der Waals surface area contributed by atoms with Gasteiger partial charge in [-0.15, -0.1) is 0 Å². The first-order chi connectivity index (χ1) is 4.85. The summed E-state index contributed by atoms with van der Waals surface area (Å²) in [7, 11) is 0. The van der Waals surface area contributed by atoms with Gasteiger partial charge >= 0.3 is 0 Å². The Morgan fingerprint density at radius 1 is 1.70 bits per heavy atom. The molecule has 10 heavy (non-hydrogen) atoms. The Kier molecular flexibility index (Phi) is 5.19. The second-order valence-corrected chi connectivity index (χ2v) is 1.81. The smallest absolute Gasteiger partial charge is 0.143 e. The van der Waals surface area contributed by atoms with E-state index in [-0.39, 0.29) is 5.84 Å². The number of oxime groups is 1. The Morgan fingerprint density at radius 2 is 2.40 bits per heavy atom. The third kappa shape index (κ3) is 3.74. The summed E-state index contributed by atoms with van der Waals surface area (Å²) in [6, 6.07) is 0. The van der Waals surface area contributed by atoms with Gasteiger partial charge in [0, 0.05) is 4.91 Å². The third-order valence-corrected chi connectivity index (χ3v) is 1.03. The molecule has 0 aliphatic rings. The highest BCUT2D eigenvalue weighted by molar-refractivity contribution is 5.82. The van der Waals surface area contributed by atoms with Crippen LogP contribution in [0.4, 0.5) is 0 Å². The van der Waals surface area contributed by atoms with Crippen molar-refractivity contribution in [2.45, 2.75) is 26.2 Å². The minimum atomic E-state index is 0.157. The highest BCUT2D eigenvalue weighted by atomic mass is 16.4. The fraction of sp³-hybridized carbons (Fsp3) is 0.800. The van der Waals surface area contributed by atoms with E-state index in [0.29, 0.717) is 6.42 Å². The molecule has 0 amide bonds. The second-order valence-electron chi connectivity index (χ2n) is 1.81.